The van der Waals surface area contributed by atoms with E-state index in [-0.39, 0.29) is 55.6 Å². The average Bonchev–Trinajstić information content (AvgIpc) is 3.19. The van der Waals surface area contributed by atoms with Crippen LogP contribution >= 0.6 is 0 Å². The number of nitrogens with one attached hydrogen (secondary N) is 1. The fraction of sp³-hybridized carbons (Fsp3) is 0.882. The third-order valence-electron chi connectivity index (χ3n) is 11.4. The predicted molar refractivity (Wildman–Crippen MR) is 250 cm³/mol. The maximum absolute atomic E-state index is 12.2. The molecule has 12 nitrogen and oxygen atoms in total. The Balaban J connectivity index is 0.00000133. The molecule has 0 aromatic carbocycles. The van der Waals surface area contributed by atoms with Gasteiger partial charge in [0.25, 0.3) is 0 Å². The smallest absolute Gasteiger partial charge is 0.329 e. The molecule has 1 aliphatic rings. The van der Waals surface area contributed by atoms with Crippen molar-refractivity contribution in [2.75, 3.05) is 33.0 Å². The Bertz CT molecular complexity index is 1230. The van der Waals surface area contributed by atoms with E-state index in [2.05, 4.69) is 5.32 Å². The van der Waals surface area contributed by atoms with E-state index in [1.807, 2.05) is 48.5 Å². The Morgan fingerprint density at radius 2 is 1.08 bits per heavy atom. The minimum absolute atomic E-state index is 0.0586. The highest BCUT2D eigenvalue weighted by molar-refractivity contribution is 5.79. The van der Waals surface area contributed by atoms with Crippen LogP contribution in [0.25, 0.3) is 0 Å². The van der Waals surface area contributed by atoms with Crippen LogP contribution in [0.5, 0.6) is 0 Å². The highest BCUT2D eigenvalue weighted by atomic mass is 16.6. The highest BCUT2D eigenvalue weighted by Crippen LogP contribution is 2.32. The molecule has 2 N–H and O–H groups in total. The summed E-state index contributed by atoms with van der Waals surface area (Å²) in [7, 11) is 0. The summed E-state index contributed by atoms with van der Waals surface area (Å²) in [4.78, 5) is 69.4. The molecule has 1 aliphatic carbocycles. The largest absolute Gasteiger partial charge is 0.480 e. The van der Waals surface area contributed by atoms with E-state index >= 15 is 0 Å². The van der Waals surface area contributed by atoms with Gasteiger partial charge >= 0.3 is 17.9 Å². The molecule has 1 saturated carbocycles. The number of rotatable bonds is 36. The number of aliphatic carboxylic acids is 1. The quantitative estimate of drug-likeness (QED) is 0.0453. The normalized spacial score (nSPS) is 15.7. The maximum atomic E-state index is 12.2. The third kappa shape index (κ3) is 40.4. The second kappa shape index (κ2) is 37.4. The molecule has 0 saturated heterocycles. The summed E-state index contributed by atoms with van der Waals surface area (Å²) >= 11 is 0. The fourth-order valence-corrected chi connectivity index (χ4v) is 7.72. The number of Topliss-reactive ketones (excluding diaryl/α,β-unsaturated/α-hetero) is 2. The summed E-state index contributed by atoms with van der Waals surface area (Å²) in [6, 6.07) is 0. The van der Waals surface area contributed by atoms with Gasteiger partial charge in [-0.3, -0.25) is 24.0 Å². The Morgan fingerprint density at radius 3 is 1.54 bits per heavy atom. The minimum atomic E-state index is -1.02. The Hall–Kier alpha value is -2.86. The number of ether oxygens (including phenoxy) is 4. The van der Waals surface area contributed by atoms with Gasteiger partial charge in [-0.2, -0.15) is 0 Å². The van der Waals surface area contributed by atoms with Crippen molar-refractivity contribution in [2.24, 2.45) is 17.8 Å². The molecule has 1 amide bonds. The van der Waals surface area contributed by atoms with Crippen LogP contribution in [0, 0.1) is 17.8 Å². The summed E-state index contributed by atoms with van der Waals surface area (Å²) in [5.41, 5.74) is -0.892. The number of hydrogen-bond donors (Lipinski definition) is 2. The molecule has 0 aromatic rings. The molecule has 1 atom stereocenters. The second-order valence-corrected chi connectivity index (χ2v) is 19.7. The molecular formula is C51H93NO11. The van der Waals surface area contributed by atoms with Crippen LogP contribution < -0.4 is 5.32 Å². The standard InChI is InChI=1S/C34H62O4.C17H31NO7/c1-29(35)31-26-23-30(24-27-31)25-28-32(36)21-19-17-15-13-11-9-7-5-6-8-10-12-14-16-18-20-22-33(37)38-34(2,3)4;1-5-13(16(22)25-17(2,3)4)6-7-14(19)18-8-9-23-10-11-24-12-15(20)21/h30-31H,5-28H2,1-4H3;13H,5-12H2,1-4H3,(H,18,19)(H,20,21)/t;13-/m.0/s1. The number of carboxylic acid groups (broad SMARTS) is 1. The minimum Gasteiger partial charge on any atom is -0.480 e. The van der Waals surface area contributed by atoms with Crippen molar-refractivity contribution in [1.29, 1.82) is 0 Å². The summed E-state index contributed by atoms with van der Waals surface area (Å²) in [6.07, 6.45) is 29.2. The zero-order valence-corrected chi connectivity index (χ0v) is 41.4. The molecule has 1 rings (SSSR count). The molecule has 0 aromatic heterocycles. The maximum Gasteiger partial charge on any atom is 0.329 e. The van der Waals surface area contributed by atoms with E-state index in [1.54, 1.807) is 6.92 Å². The van der Waals surface area contributed by atoms with Gasteiger partial charge in [0.05, 0.1) is 25.7 Å². The average molecular weight is 896 g/mol. The Labute approximate surface area is 383 Å². The van der Waals surface area contributed by atoms with E-state index in [0.29, 0.717) is 55.8 Å². The first-order valence-corrected chi connectivity index (χ1v) is 24.9. The van der Waals surface area contributed by atoms with Gasteiger partial charge in [0.15, 0.2) is 0 Å². The Morgan fingerprint density at radius 1 is 0.603 bits per heavy atom. The molecular weight excluding hydrogens is 803 g/mol. The summed E-state index contributed by atoms with van der Waals surface area (Å²) in [5, 5.41) is 11.1. The summed E-state index contributed by atoms with van der Waals surface area (Å²) < 4.78 is 20.7. The predicted octanol–water partition coefficient (Wildman–Crippen LogP) is 11.5. The van der Waals surface area contributed by atoms with Crippen LogP contribution in [-0.2, 0) is 47.7 Å². The van der Waals surface area contributed by atoms with Gasteiger partial charge in [0.2, 0.25) is 5.91 Å². The number of carbonyl (C=O) groups excluding carboxylic acids is 5. The monoisotopic (exact) mass is 896 g/mol. The van der Waals surface area contributed by atoms with Gasteiger partial charge in [0, 0.05) is 38.1 Å². The summed E-state index contributed by atoms with van der Waals surface area (Å²) in [5.74, 6) is -0.0184. The Kier molecular flexibility index (Phi) is 35.7. The van der Waals surface area contributed by atoms with E-state index in [1.165, 1.54) is 83.5 Å². The van der Waals surface area contributed by atoms with Crippen molar-refractivity contribution < 1.29 is 52.8 Å². The number of carboxylic acids is 1. The molecule has 1 fully saturated rings. The molecule has 368 valence electrons. The lowest BCUT2D eigenvalue weighted by Gasteiger charge is -2.26. The topological polar surface area (TPSA) is 172 Å². The first-order valence-electron chi connectivity index (χ1n) is 24.9. The molecule has 63 heavy (non-hydrogen) atoms. The first kappa shape index (κ1) is 60.1. The highest BCUT2D eigenvalue weighted by Gasteiger charge is 2.25. The van der Waals surface area contributed by atoms with E-state index in [4.69, 9.17) is 24.1 Å². The zero-order chi connectivity index (χ0) is 47.4. The van der Waals surface area contributed by atoms with E-state index < -0.39 is 11.6 Å². The molecule has 0 radical (unpaired) electrons. The number of esters is 2. The van der Waals surface area contributed by atoms with Crippen LogP contribution in [0.3, 0.4) is 0 Å². The SMILES string of the molecule is CC(=O)C1CCC(CCC(=O)CCCCCCCCCCCCCCCCCCC(=O)OC(C)(C)C)CC1.CC[C@@H](CCC(=O)NCCOCCOCC(=O)O)C(=O)OC(C)(C)C. The van der Waals surface area contributed by atoms with Crippen LogP contribution in [-0.4, -0.2) is 84.7 Å². The zero-order valence-electron chi connectivity index (χ0n) is 41.4. The molecule has 0 spiro atoms. The number of unbranched alkanes of at least 4 members (excludes halogenated alkanes) is 15. The van der Waals surface area contributed by atoms with Crippen LogP contribution in [0.15, 0.2) is 0 Å². The van der Waals surface area contributed by atoms with Gasteiger partial charge < -0.3 is 29.4 Å². The van der Waals surface area contributed by atoms with Crippen molar-refractivity contribution in [3.05, 3.63) is 0 Å². The van der Waals surface area contributed by atoms with Crippen molar-refractivity contribution in [1.82, 2.24) is 5.32 Å². The van der Waals surface area contributed by atoms with Gasteiger partial charge in [-0.15, -0.1) is 0 Å². The lowest BCUT2D eigenvalue weighted by atomic mass is 9.78. The van der Waals surface area contributed by atoms with Crippen molar-refractivity contribution in [3.8, 4) is 0 Å². The van der Waals surface area contributed by atoms with Crippen LogP contribution in [0.2, 0.25) is 0 Å². The van der Waals surface area contributed by atoms with E-state index in [9.17, 15) is 28.8 Å². The van der Waals surface area contributed by atoms with Crippen molar-refractivity contribution in [2.45, 2.75) is 240 Å². The number of amides is 1. The van der Waals surface area contributed by atoms with Crippen LogP contribution in [0.4, 0.5) is 0 Å². The first-order chi connectivity index (χ1) is 29.8. The molecule has 0 bridgehead atoms. The fourth-order valence-electron chi connectivity index (χ4n) is 7.72. The lowest BCUT2D eigenvalue weighted by molar-refractivity contribution is -0.160. The third-order valence-corrected chi connectivity index (χ3v) is 11.4. The van der Waals surface area contributed by atoms with Crippen LogP contribution in [0.1, 0.15) is 229 Å². The molecule has 0 unspecified atom stereocenters. The van der Waals surface area contributed by atoms with E-state index in [0.717, 1.165) is 64.2 Å². The van der Waals surface area contributed by atoms with Gasteiger partial charge in [-0.25, -0.2) is 4.79 Å². The van der Waals surface area contributed by atoms with Gasteiger partial charge in [0.1, 0.15) is 29.4 Å². The number of carbonyl (C=O) groups is 6. The molecule has 0 heterocycles. The van der Waals surface area contributed by atoms with Gasteiger partial charge in [-0.05, 0) is 112 Å². The molecule has 12 heteroatoms. The number of hydrogen-bond acceptors (Lipinski definition) is 10. The second-order valence-electron chi connectivity index (χ2n) is 19.7. The summed E-state index contributed by atoms with van der Waals surface area (Å²) in [6.45, 7) is 15.6. The van der Waals surface area contributed by atoms with Gasteiger partial charge in [-0.1, -0.05) is 96.8 Å². The van der Waals surface area contributed by atoms with Crippen molar-refractivity contribution >= 4 is 35.4 Å². The lowest BCUT2D eigenvalue weighted by Crippen LogP contribution is -2.31. The molecule has 0 aliphatic heterocycles. The van der Waals surface area contributed by atoms with Crippen molar-refractivity contribution in [3.63, 3.8) is 0 Å². The number of ketones is 2.